The van der Waals surface area contributed by atoms with Crippen molar-refractivity contribution in [2.75, 3.05) is 17.7 Å². The molecule has 0 fully saturated rings. The van der Waals surface area contributed by atoms with Gasteiger partial charge in [-0.25, -0.2) is 0 Å². The monoisotopic (exact) mass is 279 g/mol. The summed E-state index contributed by atoms with van der Waals surface area (Å²) in [4.78, 5) is 10.5. The SMILES string of the molecule is CCCCCCC(C)Nc1cc(NC)cc([N+](=O)[O-])c1. The van der Waals surface area contributed by atoms with Gasteiger partial charge in [0.05, 0.1) is 4.92 Å². The molecule has 1 aromatic carbocycles. The lowest BCUT2D eigenvalue weighted by Gasteiger charge is -2.16. The molecule has 0 saturated carbocycles. The highest BCUT2D eigenvalue weighted by atomic mass is 16.6. The normalized spacial score (nSPS) is 11.9. The Morgan fingerprint density at radius 1 is 1.20 bits per heavy atom. The summed E-state index contributed by atoms with van der Waals surface area (Å²) in [5, 5.41) is 17.2. The van der Waals surface area contributed by atoms with E-state index >= 15 is 0 Å². The van der Waals surface area contributed by atoms with Crippen LogP contribution in [-0.2, 0) is 0 Å². The fraction of sp³-hybridized carbons (Fsp3) is 0.600. The quantitative estimate of drug-likeness (QED) is 0.399. The van der Waals surface area contributed by atoms with Gasteiger partial charge in [-0.15, -0.1) is 0 Å². The Morgan fingerprint density at radius 3 is 2.50 bits per heavy atom. The van der Waals surface area contributed by atoms with Crippen LogP contribution < -0.4 is 10.6 Å². The molecule has 112 valence electrons. The van der Waals surface area contributed by atoms with Crippen LogP contribution in [0.1, 0.15) is 46.0 Å². The van der Waals surface area contributed by atoms with Crippen molar-refractivity contribution in [2.45, 2.75) is 52.0 Å². The van der Waals surface area contributed by atoms with Gasteiger partial charge in [0, 0.05) is 36.6 Å². The number of nitro groups is 1. The summed E-state index contributed by atoms with van der Waals surface area (Å²) >= 11 is 0. The molecular weight excluding hydrogens is 254 g/mol. The maximum atomic E-state index is 10.9. The third kappa shape index (κ3) is 5.47. The molecule has 5 nitrogen and oxygen atoms in total. The van der Waals surface area contributed by atoms with E-state index in [0.717, 1.165) is 17.8 Å². The van der Waals surface area contributed by atoms with Gasteiger partial charge in [-0.2, -0.15) is 0 Å². The minimum Gasteiger partial charge on any atom is -0.388 e. The van der Waals surface area contributed by atoms with E-state index < -0.39 is 0 Å². The van der Waals surface area contributed by atoms with Crippen molar-refractivity contribution in [2.24, 2.45) is 0 Å². The third-order valence-electron chi connectivity index (χ3n) is 3.32. The Labute approximate surface area is 120 Å². The van der Waals surface area contributed by atoms with Gasteiger partial charge in [-0.1, -0.05) is 32.6 Å². The number of anilines is 2. The first kappa shape index (κ1) is 16.3. The van der Waals surface area contributed by atoms with Crippen LogP contribution in [0.3, 0.4) is 0 Å². The topological polar surface area (TPSA) is 67.2 Å². The van der Waals surface area contributed by atoms with Gasteiger partial charge in [0.2, 0.25) is 0 Å². The fourth-order valence-corrected chi connectivity index (χ4v) is 2.18. The molecule has 0 amide bonds. The maximum Gasteiger partial charge on any atom is 0.273 e. The molecule has 1 rings (SSSR count). The number of hydrogen-bond acceptors (Lipinski definition) is 4. The first-order chi connectivity index (χ1) is 9.56. The minimum atomic E-state index is -0.363. The summed E-state index contributed by atoms with van der Waals surface area (Å²) in [6.45, 7) is 4.31. The highest BCUT2D eigenvalue weighted by Gasteiger charge is 2.10. The molecule has 20 heavy (non-hydrogen) atoms. The van der Waals surface area contributed by atoms with Gasteiger partial charge >= 0.3 is 0 Å². The van der Waals surface area contributed by atoms with Crippen LogP contribution in [0.15, 0.2) is 18.2 Å². The first-order valence-electron chi connectivity index (χ1n) is 7.30. The Morgan fingerprint density at radius 2 is 1.90 bits per heavy atom. The highest BCUT2D eigenvalue weighted by molar-refractivity contribution is 5.63. The summed E-state index contributed by atoms with van der Waals surface area (Å²) in [6.07, 6.45) is 6.03. The van der Waals surface area contributed by atoms with Crippen LogP contribution in [-0.4, -0.2) is 18.0 Å². The van der Waals surface area contributed by atoms with Crippen LogP contribution in [0, 0.1) is 10.1 Å². The fourth-order valence-electron chi connectivity index (χ4n) is 2.18. The summed E-state index contributed by atoms with van der Waals surface area (Å²) in [5.74, 6) is 0. The third-order valence-corrected chi connectivity index (χ3v) is 3.32. The standard InChI is InChI=1S/C15H25N3O2/c1-4-5-6-7-8-12(2)17-14-9-13(16-3)10-15(11-14)18(19)20/h9-12,16-17H,4-8H2,1-3H3. The van der Waals surface area contributed by atoms with Gasteiger partial charge in [0.15, 0.2) is 0 Å². The molecule has 0 aromatic heterocycles. The number of rotatable bonds is 9. The Hall–Kier alpha value is -1.78. The number of nitro benzene ring substituents is 1. The van der Waals surface area contributed by atoms with E-state index in [-0.39, 0.29) is 10.6 Å². The Bertz CT molecular complexity index is 435. The van der Waals surface area contributed by atoms with Crippen LogP contribution >= 0.6 is 0 Å². The molecule has 2 N–H and O–H groups in total. The van der Waals surface area contributed by atoms with E-state index in [0.29, 0.717) is 6.04 Å². The van der Waals surface area contributed by atoms with Gasteiger partial charge in [0.1, 0.15) is 0 Å². The second-order valence-electron chi connectivity index (χ2n) is 5.17. The minimum absolute atomic E-state index is 0.109. The van der Waals surface area contributed by atoms with Gasteiger partial charge in [-0.05, 0) is 19.4 Å². The number of nitrogens with zero attached hydrogens (tertiary/aromatic N) is 1. The molecule has 0 saturated heterocycles. The zero-order chi connectivity index (χ0) is 15.0. The van der Waals surface area contributed by atoms with E-state index in [1.807, 2.05) is 6.07 Å². The molecule has 1 atom stereocenters. The van der Waals surface area contributed by atoms with Crippen LogP contribution in [0.5, 0.6) is 0 Å². The highest BCUT2D eigenvalue weighted by Crippen LogP contribution is 2.25. The van der Waals surface area contributed by atoms with E-state index in [1.54, 1.807) is 13.1 Å². The van der Waals surface area contributed by atoms with Crippen LogP contribution in [0.2, 0.25) is 0 Å². The molecule has 0 aliphatic carbocycles. The number of nitrogens with one attached hydrogen (secondary N) is 2. The predicted molar refractivity (Wildman–Crippen MR) is 84.5 cm³/mol. The molecular formula is C15H25N3O2. The van der Waals surface area contributed by atoms with E-state index in [2.05, 4.69) is 24.5 Å². The zero-order valence-electron chi connectivity index (χ0n) is 12.6. The van der Waals surface area contributed by atoms with E-state index in [4.69, 9.17) is 0 Å². The summed E-state index contributed by atoms with van der Waals surface area (Å²) in [5.41, 5.74) is 1.66. The number of hydrogen-bond donors (Lipinski definition) is 2. The van der Waals surface area contributed by atoms with Crippen LogP contribution in [0.4, 0.5) is 17.1 Å². The molecule has 0 heterocycles. The summed E-state index contributed by atoms with van der Waals surface area (Å²) < 4.78 is 0. The molecule has 1 unspecified atom stereocenters. The number of benzene rings is 1. The van der Waals surface area contributed by atoms with Crippen molar-refractivity contribution >= 4 is 17.1 Å². The first-order valence-corrected chi connectivity index (χ1v) is 7.30. The van der Waals surface area contributed by atoms with Crippen molar-refractivity contribution in [1.29, 1.82) is 0 Å². The van der Waals surface area contributed by atoms with E-state index in [1.165, 1.54) is 31.7 Å². The van der Waals surface area contributed by atoms with Crippen molar-refractivity contribution in [3.05, 3.63) is 28.3 Å². The number of non-ortho nitro benzene ring substituents is 1. The average molecular weight is 279 g/mol. The van der Waals surface area contributed by atoms with Gasteiger partial charge in [-0.3, -0.25) is 10.1 Å². The van der Waals surface area contributed by atoms with Gasteiger partial charge < -0.3 is 10.6 Å². The largest absolute Gasteiger partial charge is 0.388 e. The van der Waals surface area contributed by atoms with Crippen molar-refractivity contribution in [3.63, 3.8) is 0 Å². The molecule has 5 heteroatoms. The Kier molecular flexibility index (Phi) is 6.84. The second-order valence-corrected chi connectivity index (χ2v) is 5.17. The van der Waals surface area contributed by atoms with Crippen molar-refractivity contribution in [3.8, 4) is 0 Å². The lowest BCUT2D eigenvalue weighted by atomic mass is 10.1. The summed E-state index contributed by atoms with van der Waals surface area (Å²) in [7, 11) is 1.76. The predicted octanol–water partition coefficient (Wildman–Crippen LogP) is 4.41. The molecule has 0 spiro atoms. The lowest BCUT2D eigenvalue weighted by molar-refractivity contribution is -0.384. The zero-order valence-corrected chi connectivity index (χ0v) is 12.6. The van der Waals surface area contributed by atoms with Crippen LogP contribution in [0.25, 0.3) is 0 Å². The average Bonchev–Trinajstić information content (AvgIpc) is 2.43. The van der Waals surface area contributed by atoms with Crippen molar-refractivity contribution in [1.82, 2.24) is 0 Å². The molecule has 0 radical (unpaired) electrons. The lowest BCUT2D eigenvalue weighted by Crippen LogP contribution is -2.15. The molecule has 0 aliphatic heterocycles. The van der Waals surface area contributed by atoms with Crippen molar-refractivity contribution < 1.29 is 4.92 Å². The molecule has 1 aromatic rings. The van der Waals surface area contributed by atoms with Gasteiger partial charge in [0.25, 0.3) is 5.69 Å². The maximum absolute atomic E-state index is 10.9. The van der Waals surface area contributed by atoms with E-state index in [9.17, 15) is 10.1 Å². The smallest absolute Gasteiger partial charge is 0.273 e. The Balaban J connectivity index is 2.61. The summed E-state index contributed by atoms with van der Waals surface area (Å²) in [6, 6.07) is 5.34. The second kappa shape index (κ2) is 8.40. The molecule has 0 bridgehead atoms. The molecule has 0 aliphatic rings. The number of unbranched alkanes of at least 4 members (excludes halogenated alkanes) is 3.